The number of hydrogen-bond donors (Lipinski definition) is 2. The van der Waals surface area contributed by atoms with Gasteiger partial charge < -0.3 is 15.0 Å². The van der Waals surface area contributed by atoms with Gasteiger partial charge in [0.25, 0.3) is 0 Å². The van der Waals surface area contributed by atoms with Gasteiger partial charge in [0.2, 0.25) is 0 Å². The highest BCUT2D eigenvalue weighted by molar-refractivity contribution is 5.88. The first-order valence-electron chi connectivity index (χ1n) is 5.05. The third-order valence-corrected chi connectivity index (χ3v) is 2.36. The molecule has 0 spiro atoms. The molecular formula is C11H12N4O2. The van der Waals surface area contributed by atoms with E-state index in [-0.39, 0.29) is 5.56 Å². The lowest BCUT2D eigenvalue weighted by molar-refractivity contribution is 0.0696. The summed E-state index contributed by atoms with van der Waals surface area (Å²) >= 11 is 0. The molecule has 88 valence electrons. The zero-order valence-electron chi connectivity index (χ0n) is 9.29. The quantitative estimate of drug-likeness (QED) is 0.825. The van der Waals surface area contributed by atoms with Gasteiger partial charge in [0.1, 0.15) is 5.82 Å². The zero-order valence-corrected chi connectivity index (χ0v) is 9.29. The maximum atomic E-state index is 10.8. The van der Waals surface area contributed by atoms with Crippen LogP contribution in [0.15, 0.2) is 30.9 Å². The van der Waals surface area contributed by atoms with E-state index < -0.39 is 5.97 Å². The monoisotopic (exact) mass is 232 g/mol. The number of aromatic carboxylic acids is 1. The lowest BCUT2D eigenvalue weighted by atomic mass is 10.2. The molecule has 0 aliphatic heterocycles. The van der Waals surface area contributed by atoms with Crippen molar-refractivity contribution in [3.05, 3.63) is 42.2 Å². The van der Waals surface area contributed by atoms with Crippen molar-refractivity contribution in [1.82, 2.24) is 14.5 Å². The standard InChI is InChI=1S/C11H12N4O2/c1-15-3-2-13-10(15)7-14-9-4-8(11(16)17)5-12-6-9/h2-6,14H,7H2,1H3,(H,16,17). The Balaban J connectivity index is 2.07. The molecule has 0 bridgehead atoms. The molecule has 2 N–H and O–H groups in total. The second-order valence-electron chi connectivity index (χ2n) is 3.58. The molecule has 0 saturated carbocycles. The molecule has 0 aliphatic rings. The second-order valence-corrected chi connectivity index (χ2v) is 3.58. The number of pyridine rings is 1. The van der Waals surface area contributed by atoms with Gasteiger partial charge in [-0.1, -0.05) is 0 Å². The van der Waals surface area contributed by atoms with Crippen LogP contribution in [0.3, 0.4) is 0 Å². The van der Waals surface area contributed by atoms with Crippen molar-refractivity contribution < 1.29 is 9.90 Å². The number of imidazole rings is 1. The molecule has 0 fully saturated rings. The summed E-state index contributed by atoms with van der Waals surface area (Å²) in [5.41, 5.74) is 0.822. The number of nitrogens with one attached hydrogen (secondary N) is 1. The van der Waals surface area contributed by atoms with Gasteiger partial charge in [-0.2, -0.15) is 0 Å². The van der Waals surface area contributed by atoms with Crippen LogP contribution in [-0.2, 0) is 13.6 Å². The molecule has 2 aromatic heterocycles. The fraction of sp³-hybridized carbons (Fsp3) is 0.182. The number of aromatic nitrogens is 3. The van der Waals surface area contributed by atoms with E-state index in [0.717, 1.165) is 5.82 Å². The molecule has 17 heavy (non-hydrogen) atoms. The van der Waals surface area contributed by atoms with E-state index in [1.807, 2.05) is 17.8 Å². The van der Waals surface area contributed by atoms with Crippen molar-refractivity contribution in [3.8, 4) is 0 Å². The summed E-state index contributed by atoms with van der Waals surface area (Å²) < 4.78 is 1.89. The summed E-state index contributed by atoms with van der Waals surface area (Å²) in [5.74, 6) is -0.121. The first-order chi connectivity index (χ1) is 8.16. The third kappa shape index (κ3) is 2.60. The van der Waals surface area contributed by atoms with Crippen molar-refractivity contribution in [2.75, 3.05) is 5.32 Å². The van der Waals surface area contributed by atoms with Crippen molar-refractivity contribution in [3.63, 3.8) is 0 Å². The molecule has 0 unspecified atom stereocenters. The Morgan fingerprint density at radius 1 is 1.53 bits per heavy atom. The Morgan fingerprint density at radius 3 is 3.00 bits per heavy atom. The Bertz CT molecular complexity index is 536. The van der Waals surface area contributed by atoms with Gasteiger partial charge in [-0.25, -0.2) is 9.78 Å². The Labute approximate surface area is 97.9 Å². The van der Waals surface area contributed by atoms with Gasteiger partial charge in [-0.05, 0) is 6.07 Å². The van der Waals surface area contributed by atoms with Gasteiger partial charge in [0.05, 0.1) is 17.8 Å². The van der Waals surface area contributed by atoms with E-state index in [1.54, 1.807) is 12.4 Å². The van der Waals surface area contributed by atoms with Crippen molar-refractivity contribution >= 4 is 11.7 Å². The van der Waals surface area contributed by atoms with E-state index in [9.17, 15) is 4.79 Å². The van der Waals surface area contributed by atoms with Gasteiger partial charge >= 0.3 is 5.97 Å². The van der Waals surface area contributed by atoms with E-state index >= 15 is 0 Å². The molecule has 0 saturated heterocycles. The average Bonchev–Trinajstić information content (AvgIpc) is 2.72. The maximum absolute atomic E-state index is 10.8. The van der Waals surface area contributed by atoms with Crippen LogP contribution in [0.25, 0.3) is 0 Å². The summed E-state index contributed by atoms with van der Waals surface area (Å²) in [6.45, 7) is 0.522. The summed E-state index contributed by atoms with van der Waals surface area (Å²) in [4.78, 5) is 18.8. The zero-order chi connectivity index (χ0) is 12.3. The number of carbonyl (C=O) groups is 1. The van der Waals surface area contributed by atoms with Gasteiger partial charge in [0, 0.05) is 31.8 Å². The Hall–Kier alpha value is -2.37. The van der Waals surface area contributed by atoms with Crippen LogP contribution in [-0.4, -0.2) is 25.6 Å². The number of carboxylic acids is 1. The number of carboxylic acid groups (broad SMARTS) is 1. The minimum Gasteiger partial charge on any atom is -0.478 e. The predicted octanol–water partition coefficient (Wildman–Crippen LogP) is 1.13. The fourth-order valence-corrected chi connectivity index (χ4v) is 1.40. The lowest BCUT2D eigenvalue weighted by Crippen LogP contribution is -2.07. The Kier molecular flexibility index (Phi) is 3.04. The Morgan fingerprint density at radius 2 is 2.35 bits per heavy atom. The van der Waals surface area contributed by atoms with E-state index in [2.05, 4.69) is 15.3 Å². The number of aryl methyl sites for hydroxylation is 1. The maximum Gasteiger partial charge on any atom is 0.337 e. The molecule has 0 amide bonds. The third-order valence-electron chi connectivity index (χ3n) is 2.36. The molecule has 0 aromatic carbocycles. The van der Waals surface area contributed by atoms with Crippen LogP contribution >= 0.6 is 0 Å². The first kappa shape index (κ1) is 11.1. The van der Waals surface area contributed by atoms with Crippen LogP contribution in [0.1, 0.15) is 16.2 Å². The molecule has 2 rings (SSSR count). The average molecular weight is 232 g/mol. The highest BCUT2D eigenvalue weighted by atomic mass is 16.4. The molecule has 2 heterocycles. The topological polar surface area (TPSA) is 80.0 Å². The number of rotatable bonds is 4. The molecule has 0 radical (unpaired) electrons. The normalized spacial score (nSPS) is 10.2. The highest BCUT2D eigenvalue weighted by Gasteiger charge is 2.04. The minimum absolute atomic E-state index is 0.162. The second kappa shape index (κ2) is 4.65. The van der Waals surface area contributed by atoms with Gasteiger partial charge in [-0.3, -0.25) is 4.98 Å². The first-order valence-corrected chi connectivity index (χ1v) is 5.05. The number of nitrogens with zero attached hydrogens (tertiary/aromatic N) is 3. The van der Waals surface area contributed by atoms with Crippen LogP contribution in [0, 0.1) is 0 Å². The van der Waals surface area contributed by atoms with E-state index in [1.165, 1.54) is 12.3 Å². The minimum atomic E-state index is -0.988. The SMILES string of the molecule is Cn1ccnc1CNc1cncc(C(=O)O)c1. The molecular weight excluding hydrogens is 220 g/mol. The van der Waals surface area contributed by atoms with E-state index in [4.69, 9.17) is 5.11 Å². The smallest absolute Gasteiger partial charge is 0.337 e. The summed E-state index contributed by atoms with van der Waals surface area (Å²) in [6.07, 6.45) is 6.45. The number of anilines is 1. The van der Waals surface area contributed by atoms with E-state index in [0.29, 0.717) is 12.2 Å². The largest absolute Gasteiger partial charge is 0.478 e. The molecule has 0 atom stereocenters. The van der Waals surface area contributed by atoms with Crippen molar-refractivity contribution in [2.45, 2.75) is 6.54 Å². The van der Waals surface area contributed by atoms with Crippen molar-refractivity contribution in [2.24, 2.45) is 7.05 Å². The molecule has 6 heteroatoms. The molecule has 2 aromatic rings. The molecule has 6 nitrogen and oxygen atoms in total. The van der Waals surface area contributed by atoms with Crippen LogP contribution in [0.5, 0.6) is 0 Å². The highest BCUT2D eigenvalue weighted by Crippen LogP contribution is 2.09. The predicted molar refractivity (Wildman–Crippen MR) is 61.7 cm³/mol. The van der Waals surface area contributed by atoms with Gasteiger partial charge in [-0.15, -0.1) is 0 Å². The number of hydrogen-bond acceptors (Lipinski definition) is 4. The van der Waals surface area contributed by atoms with Crippen LogP contribution in [0.4, 0.5) is 5.69 Å². The summed E-state index contributed by atoms with van der Waals surface area (Å²) in [6, 6.07) is 1.54. The molecule has 0 aliphatic carbocycles. The fourth-order valence-electron chi connectivity index (χ4n) is 1.40. The van der Waals surface area contributed by atoms with Crippen molar-refractivity contribution in [1.29, 1.82) is 0 Å². The summed E-state index contributed by atoms with van der Waals surface area (Å²) in [5, 5.41) is 11.9. The lowest BCUT2D eigenvalue weighted by Gasteiger charge is -2.06. The van der Waals surface area contributed by atoms with Crippen LogP contribution < -0.4 is 5.32 Å². The summed E-state index contributed by atoms with van der Waals surface area (Å²) in [7, 11) is 1.90. The van der Waals surface area contributed by atoms with Crippen LogP contribution in [0.2, 0.25) is 0 Å². The van der Waals surface area contributed by atoms with Gasteiger partial charge in [0.15, 0.2) is 0 Å².